The summed E-state index contributed by atoms with van der Waals surface area (Å²) in [5.41, 5.74) is 1.49. The number of likely N-dealkylation sites (N-methyl/N-ethyl adjacent to an activating group) is 1. The van der Waals surface area contributed by atoms with E-state index in [-0.39, 0.29) is 35.6 Å². The lowest BCUT2D eigenvalue weighted by molar-refractivity contribution is -0.141. The number of rotatable bonds is 5. The van der Waals surface area contributed by atoms with Gasteiger partial charge in [0.05, 0.1) is 17.2 Å². The van der Waals surface area contributed by atoms with Crippen molar-refractivity contribution in [1.29, 1.82) is 0 Å². The van der Waals surface area contributed by atoms with Crippen molar-refractivity contribution >= 4 is 40.9 Å². The van der Waals surface area contributed by atoms with E-state index in [1.54, 1.807) is 54.2 Å². The molecule has 37 heavy (non-hydrogen) atoms. The molecule has 198 valence electrons. The molecule has 2 unspecified atom stereocenters. The van der Waals surface area contributed by atoms with E-state index in [4.69, 9.17) is 27.9 Å². The number of benzene rings is 2. The second-order valence-corrected chi connectivity index (χ2v) is 10.7. The minimum atomic E-state index is -0.139. The van der Waals surface area contributed by atoms with Crippen LogP contribution in [0.2, 0.25) is 10.0 Å². The summed E-state index contributed by atoms with van der Waals surface area (Å²) in [5, 5.41) is 0.906. The predicted octanol–water partition coefficient (Wildman–Crippen LogP) is 4.72. The van der Waals surface area contributed by atoms with Gasteiger partial charge in [0.15, 0.2) is 0 Å². The number of carbonyl (C=O) groups excluding carboxylic acids is 3. The first kappa shape index (κ1) is 27.3. The van der Waals surface area contributed by atoms with Crippen molar-refractivity contribution in [2.24, 2.45) is 5.92 Å². The lowest BCUT2D eigenvalue weighted by atomic mass is 9.83. The fourth-order valence-corrected chi connectivity index (χ4v) is 5.79. The molecule has 2 saturated heterocycles. The van der Waals surface area contributed by atoms with Gasteiger partial charge < -0.3 is 19.4 Å². The lowest BCUT2D eigenvalue weighted by Gasteiger charge is -2.44. The van der Waals surface area contributed by atoms with Gasteiger partial charge in [0.2, 0.25) is 11.8 Å². The van der Waals surface area contributed by atoms with Crippen LogP contribution in [0.4, 0.5) is 0 Å². The Morgan fingerprint density at radius 1 is 0.946 bits per heavy atom. The minimum Gasteiger partial charge on any atom is -0.497 e. The summed E-state index contributed by atoms with van der Waals surface area (Å²) < 4.78 is 5.30. The highest BCUT2D eigenvalue weighted by Gasteiger charge is 2.39. The van der Waals surface area contributed by atoms with E-state index in [0.29, 0.717) is 66.8 Å². The van der Waals surface area contributed by atoms with Crippen molar-refractivity contribution in [3.63, 3.8) is 0 Å². The average Bonchev–Trinajstić information content (AvgIpc) is 2.93. The van der Waals surface area contributed by atoms with Gasteiger partial charge in [0, 0.05) is 63.6 Å². The molecule has 7 nitrogen and oxygen atoms in total. The van der Waals surface area contributed by atoms with Crippen LogP contribution in [0.1, 0.15) is 48.0 Å². The third-order valence-corrected chi connectivity index (χ3v) is 8.42. The van der Waals surface area contributed by atoms with Gasteiger partial charge in [-0.15, -0.1) is 0 Å². The van der Waals surface area contributed by atoms with Gasteiger partial charge >= 0.3 is 0 Å². The van der Waals surface area contributed by atoms with Crippen LogP contribution in [0.15, 0.2) is 42.5 Å². The Labute approximate surface area is 228 Å². The molecule has 4 rings (SSSR count). The first-order valence-electron chi connectivity index (χ1n) is 12.6. The molecular formula is C28H33Cl2N3O4. The monoisotopic (exact) mass is 545 g/mol. The fraction of sp³-hybridized carbons (Fsp3) is 0.464. The molecule has 2 atom stereocenters. The molecule has 2 fully saturated rings. The molecule has 2 aliphatic heterocycles. The van der Waals surface area contributed by atoms with Gasteiger partial charge in [-0.3, -0.25) is 14.4 Å². The number of nitrogens with zero attached hydrogens (tertiary/aromatic N) is 3. The van der Waals surface area contributed by atoms with Crippen LogP contribution >= 0.6 is 23.2 Å². The molecule has 0 aromatic heterocycles. The number of likely N-dealkylation sites (tertiary alicyclic amines) is 2. The summed E-state index contributed by atoms with van der Waals surface area (Å²) in [7, 11) is 3.39. The number of ether oxygens (including phenoxy) is 1. The van der Waals surface area contributed by atoms with Gasteiger partial charge in [-0.2, -0.15) is 0 Å². The smallest absolute Gasteiger partial charge is 0.254 e. The Balaban J connectivity index is 1.56. The van der Waals surface area contributed by atoms with Crippen LogP contribution in [0.5, 0.6) is 5.75 Å². The summed E-state index contributed by atoms with van der Waals surface area (Å²) in [5.74, 6) is 0.451. The van der Waals surface area contributed by atoms with Crippen molar-refractivity contribution in [3.8, 4) is 5.75 Å². The Hall–Kier alpha value is -2.77. The minimum absolute atomic E-state index is 0.0511. The molecule has 0 N–H and O–H groups in total. The molecular weight excluding hydrogens is 513 g/mol. The highest BCUT2D eigenvalue weighted by Crippen LogP contribution is 2.35. The summed E-state index contributed by atoms with van der Waals surface area (Å²) >= 11 is 12.6. The standard InChI is InChI=1S/C28H33Cl2N3O4/c1-18(34)32-12-9-19(10-13-32)28(36)33-14-11-26(23(17-33)20-7-8-24(29)25(30)16-20)31(2)27(35)21-5-4-6-22(15-21)37-3/h4-8,15-16,19,23,26H,9-14,17H2,1-3H3. The maximum absolute atomic E-state index is 13.5. The maximum atomic E-state index is 13.5. The molecule has 0 aliphatic carbocycles. The molecule has 2 heterocycles. The predicted molar refractivity (Wildman–Crippen MR) is 144 cm³/mol. The SMILES string of the molecule is COc1cccc(C(=O)N(C)C2CCN(C(=O)C3CCN(C(C)=O)CC3)CC2c2ccc(Cl)c(Cl)c2)c1. The summed E-state index contributed by atoms with van der Waals surface area (Å²) in [6.07, 6.45) is 1.98. The third-order valence-electron chi connectivity index (χ3n) is 7.68. The van der Waals surface area contributed by atoms with Crippen LogP contribution < -0.4 is 4.74 Å². The van der Waals surface area contributed by atoms with Crippen LogP contribution in [0.3, 0.4) is 0 Å². The molecule has 0 radical (unpaired) electrons. The first-order valence-corrected chi connectivity index (χ1v) is 13.4. The molecule has 2 aromatic carbocycles. The normalized spacial score (nSPS) is 20.5. The van der Waals surface area contributed by atoms with E-state index in [2.05, 4.69) is 0 Å². The molecule has 0 bridgehead atoms. The van der Waals surface area contributed by atoms with E-state index in [1.807, 2.05) is 24.1 Å². The van der Waals surface area contributed by atoms with Gasteiger partial charge in [0.1, 0.15) is 5.75 Å². The first-order chi connectivity index (χ1) is 17.7. The topological polar surface area (TPSA) is 70.2 Å². The zero-order chi connectivity index (χ0) is 26.7. The van der Waals surface area contributed by atoms with E-state index in [1.165, 1.54) is 0 Å². The fourth-order valence-electron chi connectivity index (χ4n) is 5.48. The highest BCUT2D eigenvalue weighted by molar-refractivity contribution is 6.42. The maximum Gasteiger partial charge on any atom is 0.254 e. The number of carbonyl (C=O) groups is 3. The Bertz CT molecular complexity index is 1170. The second kappa shape index (κ2) is 11.7. The number of halogens is 2. The highest BCUT2D eigenvalue weighted by atomic mass is 35.5. The second-order valence-electron chi connectivity index (χ2n) is 9.85. The number of piperidine rings is 2. The van der Waals surface area contributed by atoms with Gasteiger partial charge in [-0.25, -0.2) is 0 Å². The van der Waals surface area contributed by atoms with Crippen molar-refractivity contribution in [2.75, 3.05) is 40.3 Å². The van der Waals surface area contributed by atoms with Crippen molar-refractivity contribution < 1.29 is 19.1 Å². The van der Waals surface area contributed by atoms with E-state index in [9.17, 15) is 14.4 Å². The molecule has 3 amide bonds. The average molecular weight is 546 g/mol. The van der Waals surface area contributed by atoms with Gasteiger partial charge in [-0.05, 0) is 55.2 Å². The van der Waals surface area contributed by atoms with E-state index >= 15 is 0 Å². The summed E-state index contributed by atoms with van der Waals surface area (Å²) in [4.78, 5) is 44.2. The zero-order valence-corrected chi connectivity index (χ0v) is 23.0. The number of methoxy groups -OCH3 is 1. The van der Waals surface area contributed by atoms with Crippen molar-refractivity contribution in [1.82, 2.24) is 14.7 Å². The zero-order valence-electron chi connectivity index (χ0n) is 21.5. The lowest BCUT2D eigenvalue weighted by Crippen LogP contribution is -2.53. The Morgan fingerprint density at radius 3 is 2.30 bits per heavy atom. The van der Waals surface area contributed by atoms with Crippen LogP contribution in [-0.4, -0.2) is 78.8 Å². The molecule has 2 aromatic rings. The van der Waals surface area contributed by atoms with Crippen molar-refractivity contribution in [2.45, 2.75) is 38.1 Å². The van der Waals surface area contributed by atoms with E-state index < -0.39 is 0 Å². The Kier molecular flexibility index (Phi) is 8.65. The number of hydrogen-bond donors (Lipinski definition) is 0. The number of amides is 3. The molecule has 2 aliphatic rings. The largest absolute Gasteiger partial charge is 0.497 e. The van der Waals surface area contributed by atoms with Gasteiger partial charge in [0.25, 0.3) is 5.91 Å². The van der Waals surface area contributed by atoms with Crippen molar-refractivity contribution in [3.05, 3.63) is 63.6 Å². The third kappa shape index (κ3) is 6.04. The van der Waals surface area contributed by atoms with Gasteiger partial charge in [-0.1, -0.05) is 35.3 Å². The van der Waals surface area contributed by atoms with Crippen LogP contribution in [0.25, 0.3) is 0 Å². The van der Waals surface area contributed by atoms with Crippen LogP contribution in [-0.2, 0) is 9.59 Å². The molecule has 9 heteroatoms. The molecule has 0 spiro atoms. The number of hydrogen-bond acceptors (Lipinski definition) is 4. The molecule has 0 saturated carbocycles. The summed E-state index contributed by atoms with van der Waals surface area (Å²) in [6.45, 7) is 3.82. The van der Waals surface area contributed by atoms with E-state index in [0.717, 1.165) is 5.56 Å². The quantitative estimate of drug-likeness (QED) is 0.545. The van der Waals surface area contributed by atoms with Crippen LogP contribution in [0, 0.1) is 5.92 Å². The Morgan fingerprint density at radius 2 is 1.65 bits per heavy atom. The summed E-state index contributed by atoms with van der Waals surface area (Å²) in [6, 6.07) is 12.5.